The Kier molecular flexibility index (Phi) is 5.97. The largest absolute Gasteiger partial charge is 0.353 e. The molecule has 1 saturated heterocycles. The number of pyridine rings is 1. The van der Waals surface area contributed by atoms with Gasteiger partial charge in [0.2, 0.25) is 0 Å². The number of amides is 1. The number of nitrogens with zero attached hydrogens (tertiary/aromatic N) is 5. The minimum absolute atomic E-state index is 0.0529. The molecule has 6 heteroatoms. The van der Waals surface area contributed by atoms with Crippen molar-refractivity contribution in [3.8, 4) is 11.3 Å². The first-order valence-corrected chi connectivity index (χ1v) is 11.8. The fourth-order valence-corrected chi connectivity index (χ4v) is 4.41. The number of hydrogen-bond donors (Lipinski definition) is 0. The van der Waals surface area contributed by atoms with Gasteiger partial charge in [-0.2, -0.15) is 0 Å². The van der Waals surface area contributed by atoms with E-state index in [0.717, 1.165) is 52.6 Å². The maximum atomic E-state index is 13.7. The fraction of sp³-hybridized carbons (Fsp3) is 0.286. The molecule has 5 rings (SSSR count). The van der Waals surface area contributed by atoms with Crippen LogP contribution in [0, 0.1) is 6.92 Å². The molecule has 1 amide bonds. The summed E-state index contributed by atoms with van der Waals surface area (Å²) < 4.78 is 0. The number of aromatic nitrogens is 3. The average Bonchev–Trinajstić information content (AvgIpc) is 2.88. The van der Waals surface area contributed by atoms with E-state index in [4.69, 9.17) is 9.97 Å². The highest BCUT2D eigenvalue weighted by Gasteiger charge is 2.25. The van der Waals surface area contributed by atoms with Crippen LogP contribution in [-0.2, 0) is 0 Å². The molecule has 0 N–H and O–H groups in total. The number of para-hydroxylation sites is 1. The van der Waals surface area contributed by atoms with Crippen molar-refractivity contribution < 1.29 is 4.79 Å². The molecule has 0 radical (unpaired) electrons. The third-order valence-electron chi connectivity index (χ3n) is 6.28. The van der Waals surface area contributed by atoms with Crippen LogP contribution in [0.5, 0.6) is 0 Å². The second-order valence-electron chi connectivity index (χ2n) is 9.10. The van der Waals surface area contributed by atoms with Gasteiger partial charge in [0.15, 0.2) is 0 Å². The van der Waals surface area contributed by atoms with Crippen molar-refractivity contribution in [2.45, 2.75) is 26.7 Å². The normalized spacial score (nSPS) is 14.1. The quantitative estimate of drug-likeness (QED) is 0.433. The molecule has 2 aromatic heterocycles. The lowest BCUT2D eigenvalue weighted by Crippen LogP contribution is -2.49. The van der Waals surface area contributed by atoms with E-state index in [2.05, 4.69) is 23.7 Å². The number of fused-ring (bicyclic) bond motifs is 1. The van der Waals surface area contributed by atoms with Crippen molar-refractivity contribution in [1.82, 2.24) is 19.9 Å². The van der Waals surface area contributed by atoms with Gasteiger partial charge in [-0.1, -0.05) is 62.4 Å². The number of carbonyl (C=O) groups excluding carboxylic acids is 1. The van der Waals surface area contributed by atoms with E-state index in [1.54, 1.807) is 0 Å². The molecule has 1 fully saturated rings. The Balaban J connectivity index is 1.40. The van der Waals surface area contributed by atoms with E-state index in [0.29, 0.717) is 18.7 Å². The Labute approximate surface area is 200 Å². The van der Waals surface area contributed by atoms with Gasteiger partial charge in [0.05, 0.1) is 16.8 Å². The van der Waals surface area contributed by atoms with E-state index in [1.165, 1.54) is 0 Å². The van der Waals surface area contributed by atoms with Crippen molar-refractivity contribution >= 4 is 22.6 Å². The minimum atomic E-state index is 0.0529. The predicted octanol–water partition coefficient (Wildman–Crippen LogP) is 5.09. The van der Waals surface area contributed by atoms with E-state index >= 15 is 0 Å². The van der Waals surface area contributed by atoms with E-state index < -0.39 is 0 Å². The van der Waals surface area contributed by atoms with E-state index in [-0.39, 0.29) is 11.8 Å². The van der Waals surface area contributed by atoms with Crippen molar-refractivity contribution in [3.63, 3.8) is 0 Å². The van der Waals surface area contributed by atoms with Crippen LogP contribution in [0.2, 0.25) is 0 Å². The zero-order chi connectivity index (χ0) is 23.7. The number of hydrogen-bond acceptors (Lipinski definition) is 5. The first-order valence-electron chi connectivity index (χ1n) is 11.8. The maximum absolute atomic E-state index is 13.7. The minimum Gasteiger partial charge on any atom is -0.353 e. The Hall–Kier alpha value is -3.80. The molecular weight excluding hydrogens is 422 g/mol. The summed E-state index contributed by atoms with van der Waals surface area (Å²) >= 11 is 0. The Bertz CT molecular complexity index is 1330. The van der Waals surface area contributed by atoms with Crippen molar-refractivity contribution in [2.24, 2.45) is 0 Å². The van der Waals surface area contributed by atoms with Crippen LogP contribution in [0.15, 0.2) is 66.7 Å². The third kappa shape index (κ3) is 4.36. The van der Waals surface area contributed by atoms with Gasteiger partial charge in [0, 0.05) is 54.8 Å². The highest BCUT2D eigenvalue weighted by molar-refractivity contribution is 6.07. The lowest BCUT2D eigenvalue weighted by atomic mass is 10.0. The molecule has 0 atom stereocenters. The predicted molar refractivity (Wildman–Crippen MR) is 136 cm³/mol. The lowest BCUT2D eigenvalue weighted by Gasteiger charge is -2.36. The number of aryl methyl sites for hydroxylation is 1. The van der Waals surface area contributed by atoms with Crippen LogP contribution in [0.4, 0.5) is 5.82 Å². The molecule has 34 heavy (non-hydrogen) atoms. The molecule has 6 nitrogen and oxygen atoms in total. The zero-order valence-corrected chi connectivity index (χ0v) is 19.9. The van der Waals surface area contributed by atoms with Crippen LogP contribution in [0.25, 0.3) is 22.2 Å². The van der Waals surface area contributed by atoms with Crippen LogP contribution in [0.1, 0.15) is 41.6 Å². The van der Waals surface area contributed by atoms with Gasteiger partial charge in [-0.3, -0.25) is 4.79 Å². The number of anilines is 1. The molecule has 0 saturated carbocycles. The highest BCUT2D eigenvalue weighted by Crippen LogP contribution is 2.27. The molecular formula is C28H29N5O. The standard InChI is InChI=1S/C28H29N5O/c1-19(2)27-29-20(3)17-26(31-27)32-13-15-33(16-14-32)28(34)23-18-25(21-9-5-4-6-10-21)30-24-12-8-7-11-22(23)24/h4-12,17-19H,13-16H2,1-3H3. The number of rotatable bonds is 4. The monoisotopic (exact) mass is 451 g/mol. The molecule has 1 aliphatic rings. The van der Waals surface area contributed by atoms with Crippen LogP contribution < -0.4 is 4.90 Å². The number of benzene rings is 2. The van der Waals surface area contributed by atoms with Crippen LogP contribution >= 0.6 is 0 Å². The summed E-state index contributed by atoms with van der Waals surface area (Å²) in [6.07, 6.45) is 0. The molecule has 1 aliphatic heterocycles. The molecule has 2 aromatic carbocycles. The molecule has 4 aromatic rings. The first-order chi connectivity index (χ1) is 16.5. The second-order valence-corrected chi connectivity index (χ2v) is 9.10. The van der Waals surface area contributed by atoms with E-state index in [9.17, 15) is 4.79 Å². The molecule has 0 bridgehead atoms. The molecule has 3 heterocycles. The third-order valence-corrected chi connectivity index (χ3v) is 6.28. The molecule has 172 valence electrons. The maximum Gasteiger partial charge on any atom is 0.254 e. The molecule has 0 unspecified atom stereocenters. The molecule has 0 spiro atoms. The van der Waals surface area contributed by atoms with Gasteiger partial charge in [-0.05, 0) is 19.1 Å². The topological polar surface area (TPSA) is 62.2 Å². The van der Waals surface area contributed by atoms with Gasteiger partial charge in [-0.25, -0.2) is 15.0 Å². The van der Waals surface area contributed by atoms with E-state index in [1.807, 2.05) is 78.6 Å². The highest BCUT2D eigenvalue weighted by atomic mass is 16.2. The number of piperazine rings is 1. The van der Waals surface area contributed by atoms with Gasteiger partial charge >= 0.3 is 0 Å². The summed E-state index contributed by atoms with van der Waals surface area (Å²) in [5.41, 5.74) is 4.34. The summed E-state index contributed by atoms with van der Waals surface area (Å²) in [5, 5.41) is 0.891. The van der Waals surface area contributed by atoms with Crippen LogP contribution in [0.3, 0.4) is 0 Å². The number of carbonyl (C=O) groups is 1. The molecule has 0 aliphatic carbocycles. The SMILES string of the molecule is Cc1cc(N2CCN(C(=O)c3cc(-c4ccccc4)nc4ccccc34)CC2)nc(C(C)C)n1. The van der Waals surface area contributed by atoms with Crippen molar-refractivity contribution in [3.05, 3.63) is 83.8 Å². The van der Waals surface area contributed by atoms with Crippen LogP contribution in [-0.4, -0.2) is 51.9 Å². The Morgan fingerprint density at radius 2 is 1.56 bits per heavy atom. The Morgan fingerprint density at radius 3 is 2.29 bits per heavy atom. The van der Waals surface area contributed by atoms with Crippen molar-refractivity contribution in [2.75, 3.05) is 31.1 Å². The summed E-state index contributed by atoms with van der Waals surface area (Å²) in [6, 6.07) is 21.9. The average molecular weight is 452 g/mol. The Morgan fingerprint density at radius 1 is 0.853 bits per heavy atom. The van der Waals surface area contributed by atoms with Gasteiger partial charge < -0.3 is 9.80 Å². The summed E-state index contributed by atoms with van der Waals surface area (Å²) in [7, 11) is 0. The van der Waals surface area contributed by atoms with Crippen molar-refractivity contribution in [1.29, 1.82) is 0 Å². The smallest absolute Gasteiger partial charge is 0.254 e. The summed E-state index contributed by atoms with van der Waals surface area (Å²) in [5.74, 6) is 2.15. The second kappa shape index (κ2) is 9.21. The van der Waals surface area contributed by atoms with Gasteiger partial charge in [-0.15, -0.1) is 0 Å². The summed E-state index contributed by atoms with van der Waals surface area (Å²) in [4.78, 5) is 32.1. The zero-order valence-electron chi connectivity index (χ0n) is 19.9. The first kappa shape index (κ1) is 22.0. The van der Waals surface area contributed by atoms with Gasteiger partial charge in [0.1, 0.15) is 11.6 Å². The lowest BCUT2D eigenvalue weighted by molar-refractivity contribution is 0.0748. The van der Waals surface area contributed by atoms with Gasteiger partial charge in [0.25, 0.3) is 5.91 Å². The fourth-order valence-electron chi connectivity index (χ4n) is 4.41. The summed E-state index contributed by atoms with van der Waals surface area (Å²) in [6.45, 7) is 9.01.